The average molecular weight is 425 g/mol. The minimum atomic E-state index is -0.232. The smallest absolute Gasteiger partial charge is 0.268 e. The third kappa shape index (κ3) is 3.90. The van der Waals surface area contributed by atoms with Crippen LogP contribution in [0.1, 0.15) is 70.7 Å². The monoisotopic (exact) mass is 424 g/mol. The summed E-state index contributed by atoms with van der Waals surface area (Å²) in [4.78, 5) is 37.2. The summed E-state index contributed by atoms with van der Waals surface area (Å²) in [5.74, 6) is 1.57. The van der Waals surface area contributed by atoms with Crippen molar-refractivity contribution >= 4 is 34.5 Å². The van der Waals surface area contributed by atoms with E-state index < -0.39 is 0 Å². The van der Waals surface area contributed by atoms with Gasteiger partial charge in [-0.1, -0.05) is 26.0 Å². The molecule has 3 aromatic rings. The van der Waals surface area contributed by atoms with Gasteiger partial charge in [-0.25, -0.2) is 4.98 Å². The number of hydrogen-bond acceptors (Lipinski definition) is 4. The molecule has 7 heteroatoms. The van der Waals surface area contributed by atoms with Gasteiger partial charge in [-0.05, 0) is 54.9 Å². The molecule has 0 bridgehead atoms. The lowest BCUT2D eigenvalue weighted by Crippen LogP contribution is -2.30. The first-order valence-electron chi connectivity index (χ1n) is 10.3. The first kappa shape index (κ1) is 20.7. The fraction of sp³-hybridized carbons (Fsp3) is 0.435. The van der Waals surface area contributed by atoms with Gasteiger partial charge in [0.1, 0.15) is 11.5 Å². The maximum absolute atomic E-state index is 13.2. The average Bonchev–Trinajstić information content (AvgIpc) is 3.25. The Labute approximate surface area is 180 Å². The molecule has 1 unspecified atom stereocenters. The van der Waals surface area contributed by atoms with Crippen LogP contribution in [0.5, 0.6) is 0 Å². The number of aromatic amines is 2. The fourth-order valence-electron chi connectivity index (χ4n) is 4.34. The normalized spacial score (nSPS) is 16.5. The zero-order valence-electron chi connectivity index (χ0n) is 17.9. The molecule has 2 heterocycles. The highest BCUT2D eigenvalue weighted by molar-refractivity contribution is 7.98. The predicted molar refractivity (Wildman–Crippen MR) is 121 cm³/mol. The third-order valence-electron chi connectivity index (χ3n) is 5.78. The molecule has 0 saturated carbocycles. The molecule has 3 N–H and O–H groups in total. The molecule has 1 aliphatic rings. The molecule has 1 aliphatic carbocycles. The van der Waals surface area contributed by atoms with E-state index in [1.807, 2.05) is 37.4 Å². The van der Waals surface area contributed by atoms with Crippen LogP contribution in [0.4, 0.5) is 0 Å². The summed E-state index contributed by atoms with van der Waals surface area (Å²) in [5.41, 5.74) is 4.55. The van der Waals surface area contributed by atoms with Gasteiger partial charge in [-0.3, -0.25) is 9.59 Å². The van der Waals surface area contributed by atoms with Crippen molar-refractivity contribution in [2.45, 2.75) is 46.1 Å². The molecule has 0 fully saturated rings. The number of amides is 1. The van der Waals surface area contributed by atoms with Crippen LogP contribution in [-0.4, -0.2) is 38.7 Å². The fourth-order valence-corrected chi connectivity index (χ4v) is 4.81. The van der Waals surface area contributed by atoms with Crippen molar-refractivity contribution in [2.75, 3.05) is 12.0 Å². The number of H-pyrrole nitrogens is 2. The summed E-state index contributed by atoms with van der Waals surface area (Å²) in [6.45, 7) is 6.03. The highest BCUT2D eigenvalue weighted by Gasteiger charge is 2.35. The van der Waals surface area contributed by atoms with Crippen molar-refractivity contribution < 1.29 is 9.59 Å². The Kier molecular flexibility index (Phi) is 5.49. The minimum Gasteiger partial charge on any atom is -0.354 e. The standard InChI is InChI=1S/C23H28N4O2S/c1-13-19-17(11-23(2,3)12-18(19)28)24-20(13)22(29)27-16(9-10-30-4)21-25-14-7-5-6-8-15(14)26-21/h5-8,16,24H,9-12H2,1-4H3,(H,25,26)(H,27,29). The molecule has 6 nitrogen and oxygen atoms in total. The van der Waals surface area contributed by atoms with Crippen LogP contribution >= 0.6 is 11.8 Å². The molecule has 1 aromatic carbocycles. The number of hydrogen-bond donors (Lipinski definition) is 3. The van der Waals surface area contributed by atoms with Crippen molar-refractivity contribution in [3.05, 3.63) is 52.6 Å². The van der Waals surface area contributed by atoms with Crippen molar-refractivity contribution in [1.82, 2.24) is 20.3 Å². The van der Waals surface area contributed by atoms with Crippen LogP contribution in [0.2, 0.25) is 0 Å². The van der Waals surface area contributed by atoms with E-state index in [1.165, 1.54) is 0 Å². The van der Waals surface area contributed by atoms with Gasteiger partial charge in [0, 0.05) is 17.7 Å². The summed E-state index contributed by atoms with van der Waals surface area (Å²) in [5, 5.41) is 3.14. The number of ketones is 1. The van der Waals surface area contributed by atoms with Gasteiger partial charge in [0.05, 0.1) is 17.1 Å². The zero-order chi connectivity index (χ0) is 21.5. The minimum absolute atomic E-state index is 0.0930. The Morgan fingerprint density at radius 2 is 2.03 bits per heavy atom. The van der Waals surface area contributed by atoms with E-state index in [0.29, 0.717) is 17.7 Å². The van der Waals surface area contributed by atoms with Crippen LogP contribution in [0.15, 0.2) is 24.3 Å². The van der Waals surface area contributed by atoms with Crippen LogP contribution in [0, 0.1) is 12.3 Å². The van der Waals surface area contributed by atoms with Gasteiger partial charge in [0.15, 0.2) is 5.78 Å². The third-order valence-corrected chi connectivity index (χ3v) is 6.43. The van der Waals surface area contributed by atoms with E-state index in [0.717, 1.165) is 46.7 Å². The van der Waals surface area contributed by atoms with Crippen LogP contribution in [-0.2, 0) is 6.42 Å². The maximum Gasteiger partial charge on any atom is 0.268 e. The number of thioether (sulfide) groups is 1. The lowest BCUT2D eigenvalue weighted by atomic mass is 9.75. The van der Waals surface area contributed by atoms with Gasteiger partial charge in [0.25, 0.3) is 5.91 Å². The first-order chi connectivity index (χ1) is 14.3. The maximum atomic E-state index is 13.2. The number of carbonyl (C=O) groups excluding carboxylic acids is 2. The van der Waals surface area contributed by atoms with Crippen molar-refractivity contribution in [3.63, 3.8) is 0 Å². The van der Waals surface area contributed by atoms with Gasteiger partial charge in [-0.2, -0.15) is 11.8 Å². The van der Waals surface area contributed by atoms with Gasteiger partial charge in [0.2, 0.25) is 0 Å². The topological polar surface area (TPSA) is 90.6 Å². The SMILES string of the molecule is CSCCC(NC(=O)c1[nH]c2c(c1C)C(=O)CC(C)(C)C2)c1nc2ccccc2[nH]1. The second-order valence-electron chi connectivity index (χ2n) is 8.87. The number of carbonyl (C=O) groups is 2. The molecule has 4 rings (SSSR count). The molecule has 158 valence electrons. The summed E-state index contributed by atoms with van der Waals surface area (Å²) in [7, 11) is 0. The summed E-state index contributed by atoms with van der Waals surface area (Å²) >= 11 is 1.73. The Morgan fingerprint density at radius 3 is 2.77 bits per heavy atom. The molecule has 1 atom stereocenters. The van der Waals surface area contributed by atoms with E-state index in [4.69, 9.17) is 0 Å². The lowest BCUT2D eigenvalue weighted by Gasteiger charge is -2.28. The number of imidazole rings is 1. The number of rotatable bonds is 6. The van der Waals surface area contributed by atoms with E-state index in [9.17, 15) is 9.59 Å². The van der Waals surface area contributed by atoms with Crippen molar-refractivity contribution in [2.24, 2.45) is 5.41 Å². The number of Topliss-reactive ketones (excluding diaryl/α,β-unsaturated/α-hetero) is 1. The van der Waals surface area contributed by atoms with E-state index in [-0.39, 0.29) is 23.1 Å². The van der Waals surface area contributed by atoms with Crippen LogP contribution in [0.3, 0.4) is 0 Å². The van der Waals surface area contributed by atoms with Gasteiger partial charge >= 0.3 is 0 Å². The van der Waals surface area contributed by atoms with Crippen molar-refractivity contribution in [1.29, 1.82) is 0 Å². The number of para-hydroxylation sites is 2. The number of nitrogens with zero attached hydrogens (tertiary/aromatic N) is 1. The second-order valence-corrected chi connectivity index (χ2v) is 9.85. The van der Waals surface area contributed by atoms with E-state index in [1.54, 1.807) is 11.8 Å². The molecular formula is C23H28N4O2S. The summed E-state index contributed by atoms with van der Waals surface area (Å²) < 4.78 is 0. The molecule has 0 saturated heterocycles. The number of aromatic nitrogens is 3. The van der Waals surface area contributed by atoms with Crippen molar-refractivity contribution in [3.8, 4) is 0 Å². The lowest BCUT2D eigenvalue weighted by molar-refractivity contribution is 0.0908. The number of fused-ring (bicyclic) bond motifs is 2. The second kappa shape index (κ2) is 7.95. The first-order valence-corrected chi connectivity index (χ1v) is 11.7. The quantitative estimate of drug-likeness (QED) is 0.540. The molecule has 30 heavy (non-hydrogen) atoms. The summed E-state index contributed by atoms with van der Waals surface area (Å²) in [6.07, 6.45) is 4.09. The van der Waals surface area contributed by atoms with E-state index in [2.05, 4.69) is 34.1 Å². The molecular weight excluding hydrogens is 396 g/mol. The van der Waals surface area contributed by atoms with Gasteiger partial charge in [-0.15, -0.1) is 0 Å². The Bertz CT molecular complexity index is 1080. The molecule has 0 spiro atoms. The zero-order valence-corrected chi connectivity index (χ0v) is 18.7. The molecule has 2 aromatic heterocycles. The highest BCUT2D eigenvalue weighted by Crippen LogP contribution is 2.36. The summed E-state index contributed by atoms with van der Waals surface area (Å²) in [6, 6.07) is 7.62. The Balaban J connectivity index is 1.62. The molecule has 1 amide bonds. The molecule has 0 aliphatic heterocycles. The van der Waals surface area contributed by atoms with Crippen LogP contribution < -0.4 is 5.32 Å². The Morgan fingerprint density at radius 1 is 1.27 bits per heavy atom. The van der Waals surface area contributed by atoms with Crippen LogP contribution in [0.25, 0.3) is 11.0 Å². The van der Waals surface area contributed by atoms with E-state index >= 15 is 0 Å². The molecule has 0 radical (unpaired) electrons. The largest absolute Gasteiger partial charge is 0.354 e. The predicted octanol–water partition coefficient (Wildman–Crippen LogP) is 4.58. The highest BCUT2D eigenvalue weighted by atomic mass is 32.2. The van der Waals surface area contributed by atoms with Gasteiger partial charge < -0.3 is 15.3 Å². The Hall–Kier alpha value is -2.54. The number of nitrogens with one attached hydrogen (secondary N) is 3. The number of benzene rings is 1.